The molecule has 0 aromatic carbocycles. The zero-order valence-electron chi connectivity index (χ0n) is 10.3. The fraction of sp³-hybridized carbons (Fsp3) is 0.833. The van der Waals surface area contributed by atoms with Crippen molar-refractivity contribution < 1.29 is 14.3 Å². The average Bonchev–Trinajstić information content (AvgIpc) is 2.51. The van der Waals surface area contributed by atoms with Gasteiger partial charge in [0, 0.05) is 25.8 Å². The molecule has 4 heteroatoms. The summed E-state index contributed by atoms with van der Waals surface area (Å²) in [6, 6.07) is -0.267. The van der Waals surface area contributed by atoms with Crippen LogP contribution in [0.3, 0.4) is 0 Å². The first kappa shape index (κ1) is 11.6. The number of nitrogens with zero attached hydrogens (tertiary/aromatic N) is 1. The number of rotatable bonds is 2. The van der Waals surface area contributed by atoms with Crippen molar-refractivity contribution in [1.29, 1.82) is 0 Å². The number of fused-ring (bicyclic) bond motifs is 1. The van der Waals surface area contributed by atoms with Gasteiger partial charge >= 0.3 is 0 Å². The Hall–Kier alpha value is -0.900. The summed E-state index contributed by atoms with van der Waals surface area (Å²) in [4.78, 5) is 25.2. The molecule has 2 saturated heterocycles. The zero-order chi connectivity index (χ0) is 12.1. The molecule has 0 N–H and O–H groups in total. The predicted octanol–water partition coefficient (Wildman–Crippen LogP) is 0.990. The van der Waals surface area contributed by atoms with Crippen molar-refractivity contribution in [2.24, 2.45) is 5.92 Å². The van der Waals surface area contributed by atoms with Gasteiger partial charge in [-0.05, 0) is 13.8 Å². The molecule has 2 aliphatic heterocycles. The smallest absolute Gasteiger partial charge is 0.220 e. The zero-order valence-corrected chi connectivity index (χ0v) is 10.3. The summed E-state index contributed by atoms with van der Waals surface area (Å²) in [5, 5.41) is 0. The molecule has 2 heterocycles. The Balaban J connectivity index is 2.26. The first-order valence-corrected chi connectivity index (χ1v) is 5.86. The fourth-order valence-corrected chi connectivity index (χ4v) is 3.06. The van der Waals surface area contributed by atoms with E-state index in [2.05, 4.69) is 0 Å². The third kappa shape index (κ3) is 1.47. The molecule has 0 bridgehead atoms. The molecule has 16 heavy (non-hydrogen) atoms. The Labute approximate surface area is 95.9 Å². The van der Waals surface area contributed by atoms with E-state index in [0.717, 1.165) is 0 Å². The number of ketones is 1. The molecule has 90 valence electrons. The number of likely N-dealkylation sites (tertiary alicyclic amines) is 1. The fourth-order valence-electron chi connectivity index (χ4n) is 3.06. The first-order chi connectivity index (χ1) is 7.38. The largest absolute Gasteiger partial charge is 0.370 e. The van der Waals surface area contributed by atoms with Crippen LogP contribution < -0.4 is 0 Å². The van der Waals surface area contributed by atoms with Crippen LogP contribution in [0.25, 0.3) is 0 Å². The number of carbonyl (C=O) groups excluding carboxylic acids is 2. The van der Waals surface area contributed by atoms with Gasteiger partial charge in [0.1, 0.15) is 0 Å². The summed E-state index contributed by atoms with van der Waals surface area (Å²) in [5.74, 6) is 0.295. The van der Waals surface area contributed by atoms with Gasteiger partial charge in [0.2, 0.25) is 5.91 Å². The highest BCUT2D eigenvalue weighted by atomic mass is 16.5. The maximum atomic E-state index is 12.0. The van der Waals surface area contributed by atoms with Gasteiger partial charge in [0.15, 0.2) is 5.78 Å². The highest BCUT2D eigenvalue weighted by Crippen LogP contribution is 2.47. The van der Waals surface area contributed by atoms with Gasteiger partial charge in [-0.15, -0.1) is 0 Å². The second kappa shape index (κ2) is 3.55. The highest BCUT2D eigenvalue weighted by Gasteiger charge is 2.61. The van der Waals surface area contributed by atoms with Gasteiger partial charge in [-0.25, -0.2) is 0 Å². The van der Waals surface area contributed by atoms with Crippen molar-refractivity contribution >= 4 is 11.7 Å². The molecule has 1 amide bonds. The maximum absolute atomic E-state index is 12.0. The molecule has 0 spiro atoms. The van der Waals surface area contributed by atoms with Crippen LogP contribution in [0.15, 0.2) is 0 Å². The van der Waals surface area contributed by atoms with Crippen LogP contribution in [-0.2, 0) is 14.3 Å². The third-order valence-corrected chi connectivity index (χ3v) is 3.79. The van der Waals surface area contributed by atoms with Crippen LogP contribution in [0.4, 0.5) is 0 Å². The molecule has 4 nitrogen and oxygen atoms in total. The molecule has 0 saturated carbocycles. The molecule has 0 aromatic rings. The van der Waals surface area contributed by atoms with Gasteiger partial charge in [0.25, 0.3) is 0 Å². The average molecular weight is 225 g/mol. The Bertz CT molecular complexity index is 337. The van der Waals surface area contributed by atoms with E-state index in [9.17, 15) is 9.59 Å². The minimum Gasteiger partial charge on any atom is -0.370 e. The van der Waals surface area contributed by atoms with Crippen molar-refractivity contribution in [3.63, 3.8) is 0 Å². The van der Waals surface area contributed by atoms with Crippen molar-refractivity contribution in [2.45, 2.75) is 51.9 Å². The maximum Gasteiger partial charge on any atom is 0.220 e. The lowest BCUT2D eigenvalue weighted by Gasteiger charge is -2.48. The van der Waals surface area contributed by atoms with Crippen LogP contribution in [0.1, 0.15) is 34.1 Å². The molecule has 0 aromatic heterocycles. The van der Waals surface area contributed by atoms with Gasteiger partial charge in [-0.1, -0.05) is 6.92 Å². The molecule has 2 aliphatic rings. The minimum absolute atomic E-state index is 0.0272. The number of carbonyl (C=O) groups is 2. The minimum atomic E-state index is -0.273. The molecular formula is C12H19NO3. The monoisotopic (exact) mass is 225 g/mol. The standard InChI is InChI=1S/C12H19NO3/c1-5-8(15)11-10-9(16-12(10,3)4)6-13(11)7(2)14/h9-11H,5-6H2,1-4H3/t9-,10-,11+/m0/s1. The number of amides is 1. The lowest BCUT2D eigenvalue weighted by Crippen LogP contribution is -2.59. The van der Waals surface area contributed by atoms with Crippen LogP contribution in [-0.4, -0.2) is 40.9 Å². The van der Waals surface area contributed by atoms with E-state index in [1.807, 2.05) is 20.8 Å². The molecular weight excluding hydrogens is 206 g/mol. The van der Waals surface area contributed by atoms with Crippen molar-refractivity contribution in [2.75, 3.05) is 6.54 Å². The van der Waals surface area contributed by atoms with E-state index in [4.69, 9.17) is 4.74 Å². The normalized spacial score (nSPS) is 35.5. The molecule has 0 unspecified atom stereocenters. The van der Waals surface area contributed by atoms with Crippen LogP contribution in [0, 0.1) is 5.92 Å². The third-order valence-electron chi connectivity index (χ3n) is 3.79. The molecule has 0 radical (unpaired) electrons. The van der Waals surface area contributed by atoms with Gasteiger partial charge in [-0.3, -0.25) is 9.59 Å². The molecule has 3 atom stereocenters. The summed E-state index contributed by atoms with van der Waals surface area (Å²) in [5.41, 5.74) is -0.273. The summed E-state index contributed by atoms with van der Waals surface area (Å²) in [7, 11) is 0. The lowest BCUT2D eigenvalue weighted by molar-refractivity contribution is -0.225. The molecule has 2 rings (SSSR count). The van der Waals surface area contributed by atoms with Gasteiger partial charge in [0.05, 0.1) is 17.7 Å². The van der Waals surface area contributed by atoms with Crippen molar-refractivity contribution in [3.8, 4) is 0 Å². The number of Topliss-reactive ketones (excluding diaryl/α,β-unsaturated/α-hetero) is 1. The van der Waals surface area contributed by atoms with Crippen LogP contribution in [0.5, 0.6) is 0 Å². The van der Waals surface area contributed by atoms with Crippen molar-refractivity contribution in [1.82, 2.24) is 4.90 Å². The topological polar surface area (TPSA) is 46.6 Å². The Kier molecular flexibility index (Phi) is 2.57. The van der Waals surface area contributed by atoms with Gasteiger partial charge < -0.3 is 9.64 Å². The molecule has 2 fully saturated rings. The number of ether oxygens (including phenoxy) is 1. The Morgan fingerprint density at radius 3 is 2.50 bits per heavy atom. The summed E-state index contributed by atoms with van der Waals surface area (Å²) in [6.45, 7) is 7.93. The van der Waals surface area contributed by atoms with Gasteiger partial charge in [-0.2, -0.15) is 0 Å². The highest BCUT2D eigenvalue weighted by molar-refractivity contribution is 5.89. The van der Waals surface area contributed by atoms with E-state index in [1.54, 1.807) is 4.90 Å². The Morgan fingerprint density at radius 1 is 1.44 bits per heavy atom. The lowest BCUT2D eigenvalue weighted by atomic mass is 9.76. The second-order valence-corrected chi connectivity index (χ2v) is 5.22. The SMILES string of the molecule is CCC(=O)[C@@H]1[C@@H]2[C@H](CN1C(C)=O)OC2(C)C. The van der Waals surface area contributed by atoms with E-state index in [1.165, 1.54) is 6.92 Å². The first-order valence-electron chi connectivity index (χ1n) is 5.86. The van der Waals surface area contributed by atoms with E-state index in [-0.39, 0.29) is 35.4 Å². The van der Waals surface area contributed by atoms with Crippen molar-refractivity contribution in [3.05, 3.63) is 0 Å². The van der Waals surface area contributed by atoms with E-state index >= 15 is 0 Å². The quantitative estimate of drug-likeness (QED) is 0.704. The summed E-state index contributed by atoms with van der Waals surface area (Å²) < 4.78 is 5.71. The predicted molar refractivity (Wildman–Crippen MR) is 58.9 cm³/mol. The summed E-state index contributed by atoms with van der Waals surface area (Å²) >= 11 is 0. The van der Waals surface area contributed by atoms with E-state index < -0.39 is 0 Å². The number of hydrogen-bond donors (Lipinski definition) is 0. The van der Waals surface area contributed by atoms with Crippen LogP contribution >= 0.6 is 0 Å². The second-order valence-electron chi connectivity index (χ2n) is 5.22. The summed E-state index contributed by atoms with van der Waals surface area (Å²) in [6.07, 6.45) is 0.535. The Morgan fingerprint density at radius 2 is 2.06 bits per heavy atom. The molecule has 0 aliphatic carbocycles. The van der Waals surface area contributed by atoms with Crippen LogP contribution in [0.2, 0.25) is 0 Å². The number of hydrogen-bond acceptors (Lipinski definition) is 3. The van der Waals surface area contributed by atoms with E-state index in [0.29, 0.717) is 13.0 Å².